The Balaban J connectivity index is 2.14. The van der Waals surface area contributed by atoms with E-state index in [-0.39, 0.29) is 11.8 Å². The van der Waals surface area contributed by atoms with E-state index < -0.39 is 29.7 Å². The summed E-state index contributed by atoms with van der Waals surface area (Å²) in [6.45, 7) is 0. The molecule has 104 valence electrons. The quantitative estimate of drug-likeness (QED) is 0.804. The molecule has 1 aromatic carbocycles. The van der Waals surface area contributed by atoms with Gasteiger partial charge in [-0.25, -0.2) is 4.79 Å². The van der Waals surface area contributed by atoms with Gasteiger partial charge in [0, 0.05) is 5.92 Å². The fourth-order valence-electron chi connectivity index (χ4n) is 2.63. The van der Waals surface area contributed by atoms with Gasteiger partial charge >= 0.3 is 6.03 Å². The second kappa shape index (κ2) is 4.83. The first-order valence-corrected chi connectivity index (χ1v) is 6.26. The van der Waals surface area contributed by atoms with Gasteiger partial charge in [0.05, 0.1) is 6.07 Å². The lowest BCUT2D eigenvalue weighted by Crippen LogP contribution is -2.52. The Labute approximate surface area is 119 Å². The minimum Gasteiger partial charge on any atom is -0.427 e. The van der Waals surface area contributed by atoms with Gasteiger partial charge in [0.1, 0.15) is 11.8 Å². The van der Waals surface area contributed by atoms with Crippen molar-refractivity contribution in [2.45, 2.75) is 5.92 Å². The summed E-state index contributed by atoms with van der Waals surface area (Å²) in [5.41, 5.74) is 0.722. The maximum Gasteiger partial charge on any atom is 0.350 e. The monoisotopic (exact) mass is 282 g/mol. The SMILES string of the molecule is N#CC1C(=N)OC2=NC(=O)NC(=O)C2C1c1ccccc1. The summed E-state index contributed by atoms with van der Waals surface area (Å²) in [6, 6.07) is 10.1. The van der Waals surface area contributed by atoms with Gasteiger partial charge in [-0.05, 0) is 5.56 Å². The molecule has 1 saturated heterocycles. The standard InChI is InChI=1S/C14H10N4O3/c15-6-8-9(7-4-2-1-3-5-7)10-12(19)17-14(20)18-13(10)21-11(8)16/h1-5,8-10,16H,(H,17,19,20). The second-order valence-corrected chi connectivity index (χ2v) is 4.73. The maximum atomic E-state index is 12.1. The van der Waals surface area contributed by atoms with Crippen LogP contribution in [-0.4, -0.2) is 23.7 Å². The van der Waals surface area contributed by atoms with Crippen molar-refractivity contribution in [3.63, 3.8) is 0 Å². The lowest BCUT2D eigenvalue weighted by Gasteiger charge is -2.36. The molecule has 1 aromatic rings. The number of rotatable bonds is 1. The highest BCUT2D eigenvalue weighted by Gasteiger charge is 2.49. The maximum absolute atomic E-state index is 12.1. The highest BCUT2D eigenvalue weighted by Crippen LogP contribution is 2.39. The number of nitrogens with one attached hydrogen (secondary N) is 2. The third kappa shape index (κ3) is 2.07. The summed E-state index contributed by atoms with van der Waals surface area (Å²) in [4.78, 5) is 27.0. The number of amides is 3. The molecule has 3 unspecified atom stereocenters. The Morgan fingerprint density at radius 2 is 2.00 bits per heavy atom. The zero-order chi connectivity index (χ0) is 15.0. The number of nitriles is 1. The van der Waals surface area contributed by atoms with Crippen molar-refractivity contribution >= 4 is 23.7 Å². The number of benzene rings is 1. The Morgan fingerprint density at radius 1 is 1.29 bits per heavy atom. The molecule has 2 heterocycles. The average Bonchev–Trinajstić information content (AvgIpc) is 2.46. The van der Waals surface area contributed by atoms with Crippen molar-refractivity contribution in [3.8, 4) is 6.07 Å². The number of carbonyl (C=O) groups excluding carboxylic acids is 2. The van der Waals surface area contributed by atoms with E-state index in [4.69, 9.17) is 10.1 Å². The van der Waals surface area contributed by atoms with Gasteiger partial charge < -0.3 is 4.74 Å². The van der Waals surface area contributed by atoms with Crippen LogP contribution in [0.2, 0.25) is 0 Å². The molecule has 21 heavy (non-hydrogen) atoms. The summed E-state index contributed by atoms with van der Waals surface area (Å²) in [6.07, 6.45) is 0. The molecule has 1 fully saturated rings. The first-order chi connectivity index (χ1) is 10.1. The predicted octanol–water partition coefficient (Wildman–Crippen LogP) is 1.18. The number of nitrogens with zero attached hydrogens (tertiary/aromatic N) is 2. The van der Waals surface area contributed by atoms with Crippen molar-refractivity contribution in [2.24, 2.45) is 16.8 Å². The summed E-state index contributed by atoms with van der Waals surface area (Å²) in [5.74, 6) is -3.38. The van der Waals surface area contributed by atoms with Gasteiger partial charge in [-0.2, -0.15) is 10.3 Å². The number of imide groups is 1. The molecule has 3 atom stereocenters. The molecule has 3 rings (SSSR count). The topological polar surface area (TPSA) is 115 Å². The van der Waals surface area contributed by atoms with E-state index in [0.29, 0.717) is 0 Å². The highest BCUT2D eigenvalue weighted by atomic mass is 16.5. The normalized spacial score (nSPS) is 27.9. The predicted molar refractivity (Wildman–Crippen MR) is 71.6 cm³/mol. The van der Waals surface area contributed by atoms with Crippen LogP contribution in [0.5, 0.6) is 0 Å². The summed E-state index contributed by atoms with van der Waals surface area (Å²) < 4.78 is 5.12. The summed E-state index contributed by atoms with van der Waals surface area (Å²) in [5, 5.41) is 19.2. The molecule has 3 amide bonds. The zero-order valence-electron chi connectivity index (χ0n) is 10.7. The molecule has 0 saturated carbocycles. The molecule has 7 heteroatoms. The van der Waals surface area contributed by atoms with Crippen LogP contribution in [0.1, 0.15) is 11.5 Å². The van der Waals surface area contributed by atoms with Crippen LogP contribution in [0, 0.1) is 28.6 Å². The Kier molecular flexibility index (Phi) is 2.99. The Bertz CT molecular complexity index is 705. The van der Waals surface area contributed by atoms with Gasteiger partial charge in [0.25, 0.3) is 0 Å². The van der Waals surface area contributed by atoms with Crippen molar-refractivity contribution in [2.75, 3.05) is 0 Å². The number of hydrogen-bond donors (Lipinski definition) is 2. The van der Waals surface area contributed by atoms with Crippen LogP contribution < -0.4 is 5.32 Å². The van der Waals surface area contributed by atoms with Crippen LogP contribution in [-0.2, 0) is 9.53 Å². The fourth-order valence-corrected chi connectivity index (χ4v) is 2.63. The minimum atomic E-state index is -0.907. The molecule has 0 spiro atoms. The molecular weight excluding hydrogens is 272 g/mol. The van der Waals surface area contributed by atoms with Gasteiger partial charge in [-0.1, -0.05) is 30.3 Å². The summed E-state index contributed by atoms with van der Waals surface area (Å²) in [7, 11) is 0. The smallest absolute Gasteiger partial charge is 0.350 e. The van der Waals surface area contributed by atoms with E-state index in [1.165, 1.54) is 0 Å². The second-order valence-electron chi connectivity index (χ2n) is 4.73. The van der Waals surface area contributed by atoms with E-state index in [9.17, 15) is 14.9 Å². The van der Waals surface area contributed by atoms with Crippen LogP contribution in [0.25, 0.3) is 0 Å². The highest BCUT2D eigenvalue weighted by molar-refractivity contribution is 6.18. The molecule has 2 aliphatic rings. The van der Waals surface area contributed by atoms with Crippen LogP contribution in [0.3, 0.4) is 0 Å². The van der Waals surface area contributed by atoms with Gasteiger partial charge in [0.15, 0.2) is 0 Å². The van der Waals surface area contributed by atoms with Crippen LogP contribution >= 0.6 is 0 Å². The fraction of sp³-hybridized carbons (Fsp3) is 0.214. The third-order valence-corrected chi connectivity index (χ3v) is 3.53. The van der Waals surface area contributed by atoms with Crippen LogP contribution in [0.15, 0.2) is 35.3 Å². The van der Waals surface area contributed by atoms with Crippen molar-refractivity contribution in [3.05, 3.63) is 35.9 Å². The van der Waals surface area contributed by atoms with Crippen molar-refractivity contribution in [1.82, 2.24) is 5.32 Å². The van der Waals surface area contributed by atoms with E-state index in [2.05, 4.69) is 10.3 Å². The lowest BCUT2D eigenvalue weighted by molar-refractivity contribution is -0.123. The number of hydrogen-bond acceptors (Lipinski definition) is 5. The first kappa shape index (κ1) is 13.0. The molecular formula is C14H10N4O3. The summed E-state index contributed by atoms with van der Waals surface area (Å²) >= 11 is 0. The third-order valence-electron chi connectivity index (χ3n) is 3.53. The van der Waals surface area contributed by atoms with Gasteiger partial charge in [0.2, 0.25) is 17.7 Å². The van der Waals surface area contributed by atoms with Gasteiger partial charge in [-0.3, -0.25) is 15.5 Å². The minimum absolute atomic E-state index is 0.117. The molecule has 2 aliphatic heterocycles. The molecule has 7 nitrogen and oxygen atoms in total. The van der Waals surface area contributed by atoms with Crippen molar-refractivity contribution in [1.29, 1.82) is 10.7 Å². The molecule has 2 N–H and O–H groups in total. The Hall–Kier alpha value is -3.01. The number of aliphatic imine (C=N–C) groups is 1. The number of ether oxygens (including phenoxy) is 1. The molecule has 0 aliphatic carbocycles. The number of fused-ring (bicyclic) bond motifs is 1. The molecule has 0 radical (unpaired) electrons. The van der Waals surface area contributed by atoms with E-state index in [0.717, 1.165) is 5.56 Å². The zero-order valence-corrected chi connectivity index (χ0v) is 10.7. The average molecular weight is 282 g/mol. The first-order valence-electron chi connectivity index (χ1n) is 6.26. The molecule has 0 aromatic heterocycles. The van der Waals surface area contributed by atoms with Crippen molar-refractivity contribution < 1.29 is 14.3 Å². The van der Waals surface area contributed by atoms with E-state index in [1.54, 1.807) is 24.3 Å². The van der Waals surface area contributed by atoms with E-state index in [1.807, 2.05) is 12.1 Å². The largest absolute Gasteiger partial charge is 0.427 e. The lowest BCUT2D eigenvalue weighted by atomic mass is 9.74. The van der Waals surface area contributed by atoms with E-state index >= 15 is 0 Å². The number of urea groups is 1. The van der Waals surface area contributed by atoms with Crippen LogP contribution in [0.4, 0.5) is 4.79 Å². The Morgan fingerprint density at radius 3 is 2.67 bits per heavy atom. The number of carbonyl (C=O) groups is 2. The van der Waals surface area contributed by atoms with Gasteiger partial charge in [-0.15, -0.1) is 0 Å². The molecule has 0 bridgehead atoms.